The fraction of sp³-hybridized carbons (Fsp3) is 0.258. The molecular formula is C31H32N4O2S. The highest BCUT2D eigenvalue weighted by Crippen LogP contribution is 2.37. The van der Waals surface area contributed by atoms with Crippen LogP contribution in [0.15, 0.2) is 82.7 Å². The zero-order valence-electron chi connectivity index (χ0n) is 22.0. The topological polar surface area (TPSA) is 60.1 Å². The number of allylic oxidation sites excluding steroid dienone is 1. The van der Waals surface area contributed by atoms with Crippen LogP contribution in [0.1, 0.15) is 48.2 Å². The minimum atomic E-state index is -0.157. The van der Waals surface area contributed by atoms with E-state index < -0.39 is 0 Å². The van der Waals surface area contributed by atoms with Crippen molar-refractivity contribution in [2.75, 3.05) is 13.1 Å². The van der Waals surface area contributed by atoms with Crippen molar-refractivity contribution in [3.8, 4) is 0 Å². The lowest BCUT2D eigenvalue weighted by molar-refractivity contribution is -0.127. The van der Waals surface area contributed by atoms with Gasteiger partial charge in [0.2, 0.25) is 5.91 Å². The van der Waals surface area contributed by atoms with Crippen molar-refractivity contribution in [1.82, 2.24) is 19.0 Å². The molecule has 4 aromatic rings. The van der Waals surface area contributed by atoms with Crippen molar-refractivity contribution < 1.29 is 4.79 Å². The van der Waals surface area contributed by atoms with E-state index in [-0.39, 0.29) is 17.5 Å². The van der Waals surface area contributed by atoms with Gasteiger partial charge in [0.05, 0.1) is 24.5 Å². The molecule has 0 radical (unpaired) electrons. The molecular weight excluding hydrogens is 492 g/mol. The first kappa shape index (κ1) is 25.7. The van der Waals surface area contributed by atoms with Gasteiger partial charge in [0.15, 0.2) is 0 Å². The van der Waals surface area contributed by atoms with Crippen LogP contribution in [0.25, 0.3) is 17.7 Å². The van der Waals surface area contributed by atoms with Crippen LogP contribution in [0.5, 0.6) is 0 Å². The molecule has 194 valence electrons. The van der Waals surface area contributed by atoms with E-state index in [0.717, 1.165) is 33.0 Å². The molecule has 0 bridgehead atoms. The van der Waals surface area contributed by atoms with E-state index in [2.05, 4.69) is 30.1 Å². The number of pyridine rings is 1. The van der Waals surface area contributed by atoms with Gasteiger partial charge in [-0.25, -0.2) is 4.79 Å². The second kappa shape index (κ2) is 11.2. The summed E-state index contributed by atoms with van der Waals surface area (Å²) >= 11 is 1.63. The lowest BCUT2D eigenvalue weighted by Gasteiger charge is -2.25. The van der Waals surface area contributed by atoms with Gasteiger partial charge in [0, 0.05) is 41.9 Å². The molecule has 0 aliphatic heterocycles. The number of fused-ring (bicyclic) bond motifs is 1. The number of benzene rings is 1. The van der Waals surface area contributed by atoms with E-state index >= 15 is 0 Å². The van der Waals surface area contributed by atoms with E-state index in [9.17, 15) is 9.59 Å². The number of carbonyl (C=O) groups is 1. The van der Waals surface area contributed by atoms with Crippen LogP contribution in [0, 0.1) is 5.92 Å². The predicted molar refractivity (Wildman–Crippen MR) is 155 cm³/mol. The minimum absolute atomic E-state index is 0.00330. The molecule has 0 fully saturated rings. The van der Waals surface area contributed by atoms with Gasteiger partial charge >= 0.3 is 5.69 Å². The Hall–Kier alpha value is -3.97. The van der Waals surface area contributed by atoms with Crippen molar-refractivity contribution in [3.63, 3.8) is 0 Å². The monoisotopic (exact) mass is 524 g/mol. The van der Waals surface area contributed by atoms with Gasteiger partial charge in [-0.05, 0) is 60.2 Å². The number of amides is 1. The third-order valence-electron chi connectivity index (χ3n) is 7.19. The van der Waals surface area contributed by atoms with Crippen LogP contribution in [0.2, 0.25) is 0 Å². The maximum atomic E-state index is 14.0. The van der Waals surface area contributed by atoms with E-state index in [4.69, 9.17) is 0 Å². The van der Waals surface area contributed by atoms with E-state index in [1.165, 1.54) is 0 Å². The van der Waals surface area contributed by atoms with Crippen molar-refractivity contribution in [3.05, 3.63) is 116 Å². The summed E-state index contributed by atoms with van der Waals surface area (Å²) in [5.74, 6) is -0.154. The SMILES string of the molecule is CCN(CC)C(=O)C1=Cc2c(n(Cc3cccs3)c(=O)n2Cc2cccnc2)C=C(c2ccccc2)[C@H]1C. The Morgan fingerprint density at radius 1 is 0.947 bits per heavy atom. The van der Waals surface area contributed by atoms with Gasteiger partial charge in [-0.3, -0.25) is 18.9 Å². The number of hydrogen-bond donors (Lipinski definition) is 0. The number of aromatic nitrogens is 3. The Labute approximate surface area is 227 Å². The summed E-state index contributed by atoms with van der Waals surface area (Å²) in [5.41, 5.74) is 5.16. The lowest BCUT2D eigenvalue weighted by Crippen LogP contribution is -2.33. The largest absolute Gasteiger partial charge is 0.339 e. The number of carbonyl (C=O) groups excluding carboxylic acids is 1. The Balaban J connectivity index is 1.78. The molecule has 1 aromatic carbocycles. The number of rotatable bonds is 8. The van der Waals surface area contributed by atoms with E-state index in [1.807, 2.05) is 77.2 Å². The average Bonchev–Trinajstić information content (AvgIpc) is 3.50. The van der Waals surface area contributed by atoms with Crippen LogP contribution < -0.4 is 5.69 Å². The molecule has 7 heteroatoms. The first-order chi connectivity index (χ1) is 18.5. The van der Waals surface area contributed by atoms with E-state index in [1.54, 1.807) is 28.3 Å². The standard InChI is InChI=1S/C31H32N4O2S/c1-4-33(5-2)30(36)27-18-29-28(17-26(22(27)3)24-12-7-6-8-13-24)35(21-25-14-10-16-38-25)31(37)34(29)20-23-11-9-15-32-19-23/h6-19,22H,4-5,20-21H2,1-3H3/t22-/m1/s1. The maximum absolute atomic E-state index is 14.0. The highest BCUT2D eigenvalue weighted by Gasteiger charge is 2.30. The van der Waals surface area contributed by atoms with Gasteiger partial charge in [-0.2, -0.15) is 0 Å². The second-order valence-electron chi connectivity index (χ2n) is 9.43. The number of imidazole rings is 1. The van der Waals surface area contributed by atoms with Gasteiger partial charge in [0.25, 0.3) is 0 Å². The number of nitrogens with zero attached hydrogens (tertiary/aromatic N) is 4. The van der Waals surface area contributed by atoms with Crippen molar-refractivity contribution >= 4 is 35.0 Å². The summed E-state index contributed by atoms with van der Waals surface area (Å²) in [4.78, 5) is 35.1. The highest BCUT2D eigenvalue weighted by atomic mass is 32.1. The van der Waals surface area contributed by atoms with Crippen molar-refractivity contribution in [2.24, 2.45) is 5.92 Å². The van der Waals surface area contributed by atoms with Crippen LogP contribution in [-0.2, 0) is 17.9 Å². The molecule has 1 atom stereocenters. The Morgan fingerprint density at radius 3 is 2.34 bits per heavy atom. The zero-order valence-corrected chi connectivity index (χ0v) is 22.8. The van der Waals surface area contributed by atoms with Crippen LogP contribution in [0.4, 0.5) is 0 Å². The number of thiophene rings is 1. The van der Waals surface area contributed by atoms with Crippen LogP contribution in [-0.4, -0.2) is 38.0 Å². The highest BCUT2D eigenvalue weighted by molar-refractivity contribution is 7.09. The molecule has 3 aromatic heterocycles. The molecule has 6 nitrogen and oxygen atoms in total. The molecule has 5 rings (SSSR count). The van der Waals surface area contributed by atoms with Gasteiger partial charge in [0.1, 0.15) is 0 Å². The first-order valence-corrected chi connectivity index (χ1v) is 13.9. The number of hydrogen-bond acceptors (Lipinski definition) is 4. The van der Waals surface area contributed by atoms with Gasteiger partial charge in [-0.1, -0.05) is 49.4 Å². The molecule has 0 saturated carbocycles. The molecule has 38 heavy (non-hydrogen) atoms. The summed E-state index contributed by atoms with van der Waals surface area (Å²) in [6.45, 7) is 8.18. The first-order valence-electron chi connectivity index (χ1n) is 13.0. The third-order valence-corrected chi connectivity index (χ3v) is 8.05. The smallest absolute Gasteiger partial charge is 0.329 e. The second-order valence-corrected chi connectivity index (χ2v) is 10.5. The zero-order chi connectivity index (χ0) is 26.6. The minimum Gasteiger partial charge on any atom is -0.339 e. The summed E-state index contributed by atoms with van der Waals surface area (Å²) in [6, 6.07) is 18.1. The number of likely N-dealkylation sites (N-methyl/N-ethyl adjacent to an activating group) is 1. The molecule has 0 saturated heterocycles. The molecule has 3 heterocycles. The Morgan fingerprint density at radius 2 is 1.68 bits per heavy atom. The summed E-state index contributed by atoms with van der Waals surface area (Å²) < 4.78 is 3.63. The molecule has 1 aliphatic rings. The van der Waals surface area contributed by atoms with E-state index in [0.29, 0.717) is 31.8 Å². The maximum Gasteiger partial charge on any atom is 0.329 e. The predicted octanol–water partition coefficient (Wildman–Crippen LogP) is 5.65. The van der Waals surface area contributed by atoms with Crippen LogP contribution >= 0.6 is 11.3 Å². The summed E-state index contributed by atoms with van der Waals surface area (Å²) in [7, 11) is 0. The lowest BCUT2D eigenvalue weighted by atomic mass is 9.87. The molecule has 1 amide bonds. The molecule has 0 unspecified atom stereocenters. The van der Waals surface area contributed by atoms with Crippen molar-refractivity contribution in [1.29, 1.82) is 0 Å². The summed E-state index contributed by atoms with van der Waals surface area (Å²) in [5, 5.41) is 2.03. The van der Waals surface area contributed by atoms with Crippen LogP contribution in [0.3, 0.4) is 0 Å². The fourth-order valence-corrected chi connectivity index (χ4v) is 5.78. The molecule has 0 N–H and O–H groups in total. The Bertz CT molecular complexity index is 1530. The molecule has 1 aliphatic carbocycles. The normalized spacial score (nSPS) is 14.9. The van der Waals surface area contributed by atoms with Gasteiger partial charge < -0.3 is 4.90 Å². The third kappa shape index (κ3) is 4.94. The molecule has 0 spiro atoms. The van der Waals surface area contributed by atoms with Crippen molar-refractivity contribution in [2.45, 2.75) is 33.9 Å². The van der Waals surface area contributed by atoms with Gasteiger partial charge in [-0.15, -0.1) is 11.3 Å². The Kier molecular flexibility index (Phi) is 7.56. The quantitative estimate of drug-likeness (QED) is 0.300. The average molecular weight is 525 g/mol. The summed E-state index contributed by atoms with van der Waals surface area (Å²) in [6.07, 6.45) is 7.58. The fourth-order valence-electron chi connectivity index (χ4n) is 5.09.